The fourth-order valence-electron chi connectivity index (χ4n) is 1.65. The van der Waals surface area contributed by atoms with Crippen LogP contribution in [0.15, 0.2) is 59.1 Å². The second kappa shape index (κ2) is 6.39. The van der Waals surface area contributed by atoms with Crippen molar-refractivity contribution >= 4 is 39.8 Å². The lowest BCUT2D eigenvalue weighted by Gasteiger charge is -1.98. The Labute approximate surface area is 135 Å². The van der Waals surface area contributed by atoms with E-state index in [0.29, 0.717) is 10.7 Å². The number of carbonyl (C=O) groups excluding carboxylic acids is 1. The number of halogens is 1. The summed E-state index contributed by atoms with van der Waals surface area (Å²) in [6.07, 6.45) is 3.44. The molecule has 3 aromatic rings. The summed E-state index contributed by atoms with van der Waals surface area (Å²) in [6.45, 7) is 0. The lowest BCUT2D eigenvalue weighted by atomic mass is 10.3. The Kier molecular flexibility index (Phi) is 4.34. The van der Waals surface area contributed by atoms with E-state index in [1.165, 1.54) is 11.3 Å². The molecular weight excluding hydrogens is 324 g/mol. The number of carbonyl (C=O) groups is 1. The monoisotopic (exact) mass is 332 g/mol. The van der Waals surface area contributed by atoms with Crippen molar-refractivity contribution in [2.24, 2.45) is 0 Å². The summed E-state index contributed by atoms with van der Waals surface area (Å²) in [5.74, 6) is 0. The van der Waals surface area contributed by atoms with E-state index in [1.54, 1.807) is 29.9 Å². The van der Waals surface area contributed by atoms with Gasteiger partial charge >= 0.3 is 0 Å². The molecule has 0 saturated carbocycles. The molecule has 104 valence electrons. The topological polar surface area (TPSA) is 42.9 Å². The zero-order valence-electron chi connectivity index (χ0n) is 10.7. The minimum absolute atomic E-state index is 0.0799. The van der Waals surface area contributed by atoms with Crippen LogP contribution in [0.5, 0.6) is 0 Å². The molecule has 6 heteroatoms. The molecule has 0 N–H and O–H groups in total. The third-order valence-electron chi connectivity index (χ3n) is 2.65. The van der Waals surface area contributed by atoms with Gasteiger partial charge in [-0.05, 0) is 48.2 Å². The van der Waals surface area contributed by atoms with Crippen LogP contribution >= 0.6 is 34.7 Å². The zero-order valence-corrected chi connectivity index (χ0v) is 13.1. The normalized spacial score (nSPS) is 10.5. The van der Waals surface area contributed by atoms with Crippen LogP contribution in [-0.2, 0) is 0 Å². The number of thiazole rings is 1. The maximum Gasteiger partial charge on any atom is 0.243 e. The van der Waals surface area contributed by atoms with Gasteiger partial charge in [0.1, 0.15) is 10.7 Å². The van der Waals surface area contributed by atoms with Gasteiger partial charge in [-0.3, -0.25) is 9.78 Å². The molecule has 0 amide bonds. The van der Waals surface area contributed by atoms with Gasteiger partial charge in [0.25, 0.3) is 0 Å². The molecule has 0 spiro atoms. The predicted molar refractivity (Wildman–Crippen MR) is 87.0 cm³/mol. The molecule has 3 nitrogen and oxygen atoms in total. The Morgan fingerprint density at radius 3 is 2.71 bits per heavy atom. The summed E-state index contributed by atoms with van der Waals surface area (Å²) in [6, 6.07) is 10.9. The van der Waals surface area contributed by atoms with Crippen molar-refractivity contribution in [1.29, 1.82) is 0 Å². The molecule has 3 rings (SSSR count). The SMILES string of the molecule is O=C(Sc1ccc(Cl)cc1)c1csc(-c2cccnc2)n1. The molecule has 0 unspecified atom stereocenters. The molecule has 2 aromatic heterocycles. The maximum absolute atomic E-state index is 12.2. The van der Waals surface area contributed by atoms with E-state index in [2.05, 4.69) is 9.97 Å². The lowest BCUT2D eigenvalue weighted by molar-refractivity contribution is 0.108. The van der Waals surface area contributed by atoms with Crippen molar-refractivity contribution in [3.8, 4) is 10.6 Å². The van der Waals surface area contributed by atoms with E-state index >= 15 is 0 Å². The second-order valence-electron chi connectivity index (χ2n) is 4.12. The van der Waals surface area contributed by atoms with Gasteiger partial charge < -0.3 is 0 Å². The van der Waals surface area contributed by atoms with Crippen LogP contribution in [0.2, 0.25) is 5.02 Å². The highest BCUT2D eigenvalue weighted by Crippen LogP contribution is 2.28. The zero-order chi connectivity index (χ0) is 14.7. The van der Waals surface area contributed by atoms with Gasteiger partial charge in [-0.15, -0.1) is 11.3 Å². The van der Waals surface area contributed by atoms with Gasteiger partial charge in [0.2, 0.25) is 5.12 Å². The molecule has 2 heterocycles. The number of hydrogen-bond donors (Lipinski definition) is 0. The first kappa shape index (κ1) is 14.3. The van der Waals surface area contributed by atoms with Gasteiger partial charge in [0, 0.05) is 33.3 Å². The predicted octanol–water partition coefficient (Wildman–Crippen LogP) is 4.79. The van der Waals surface area contributed by atoms with Gasteiger partial charge in [-0.2, -0.15) is 0 Å². The van der Waals surface area contributed by atoms with Crippen LogP contribution in [0.4, 0.5) is 0 Å². The van der Waals surface area contributed by atoms with Crippen molar-refractivity contribution in [2.45, 2.75) is 4.90 Å². The summed E-state index contributed by atoms with van der Waals surface area (Å²) in [4.78, 5) is 21.5. The molecular formula is C15H9ClN2OS2. The molecule has 0 bridgehead atoms. The molecule has 0 aliphatic rings. The molecule has 0 saturated heterocycles. The van der Waals surface area contributed by atoms with E-state index in [9.17, 15) is 4.79 Å². The number of thioether (sulfide) groups is 1. The molecule has 0 aliphatic carbocycles. The van der Waals surface area contributed by atoms with Crippen molar-refractivity contribution in [2.75, 3.05) is 0 Å². The van der Waals surface area contributed by atoms with E-state index in [1.807, 2.05) is 24.3 Å². The van der Waals surface area contributed by atoms with Gasteiger partial charge in [-0.1, -0.05) is 11.6 Å². The fraction of sp³-hybridized carbons (Fsp3) is 0. The third kappa shape index (κ3) is 3.50. The first-order chi connectivity index (χ1) is 10.2. The summed E-state index contributed by atoms with van der Waals surface area (Å²) < 4.78 is 0. The summed E-state index contributed by atoms with van der Waals surface area (Å²) in [7, 11) is 0. The fourth-order valence-corrected chi connectivity index (χ4v) is 3.34. The summed E-state index contributed by atoms with van der Waals surface area (Å²) >= 11 is 8.41. The van der Waals surface area contributed by atoms with Crippen molar-refractivity contribution in [3.63, 3.8) is 0 Å². The van der Waals surface area contributed by atoms with Crippen LogP contribution in [0, 0.1) is 0 Å². The van der Waals surface area contributed by atoms with Gasteiger partial charge in [0.15, 0.2) is 0 Å². The van der Waals surface area contributed by atoms with Crippen LogP contribution in [0.3, 0.4) is 0 Å². The van der Waals surface area contributed by atoms with Gasteiger partial charge in [-0.25, -0.2) is 4.98 Å². The molecule has 0 fully saturated rings. The number of benzene rings is 1. The Morgan fingerprint density at radius 2 is 2.00 bits per heavy atom. The Hall–Kier alpha value is -1.69. The molecule has 0 atom stereocenters. The highest BCUT2D eigenvalue weighted by atomic mass is 35.5. The maximum atomic E-state index is 12.2. The van der Waals surface area contributed by atoms with Crippen LogP contribution in [0.1, 0.15) is 10.5 Å². The van der Waals surface area contributed by atoms with Crippen molar-refractivity contribution in [3.05, 3.63) is 64.9 Å². The molecule has 1 aromatic carbocycles. The quantitative estimate of drug-likeness (QED) is 0.647. The van der Waals surface area contributed by atoms with E-state index in [-0.39, 0.29) is 5.12 Å². The number of pyridine rings is 1. The Morgan fingerprint density at radius 1 is 1.19 bits per heavy atom. The van der Waals surface area contributed by atoms with Crippen molar-refractivity contribution < 1.29 is 4.79 Å². The average molecular weight is 333 g/mol. The first-order valence-electron chi connectivity index (χ1n) is 6.06. The highest BCUT2D eigenvalue weighted by Gasteiger charge is 2.13. The third-order valence-corrected chi connectivity index (χ3v) is 4.69. The van der Waals surface area contributed by atoms with Crippen LogP contribution in [-0.4, -0.2) is 15.1 Å². The largest absolute Gasteiger partial charge is 0.279 e. The first-order valence-corrected chi connectivity index (χ1v) is 8.13. The lowest BCUT2D eigenvalue weighted by Crippen LogP contribution is -1.93. The number of aromatic nitrogens is 2. The van der Waals surface area contributed by atoms with Crippen LogP contribution < -0.4 is 0 Å². The Balaban J connectivity index is 1.77. The van der Waals surface area contributed by atoms with E-state index < -0.39 is 0 Å². The average Bonchev–Trinajstić information content (AvgIpc) is 3.00. The van der Waals surface area contributed by atoms with Crippen LogP contribution in [0.25, 0.3) is 10.6 Å². The number of nitrogens with zero attached hydrogens (tertiary/aromatic N) is 2. The Bertz CT molecular complexity index is 757. The number of rotatable bonds is 3. The van der Waals surface area contributed by atoms with Gasteiger partial charge in [0.05, 0.1) is 0 Å². The molecule has 21 heavy (non-hydrogen) atoms. The molecule has 0 aliphatic heterocycles. The highest BCUT2D eigenvalue weighted by molar-refractivity contribution is 8.14. The number of hydrogen-bond acceptors (Lipinski definition) is 5. The summed E-state index contributed by atoms with van der Waals surface area (Å²) in [5, 5.41) is 3.14. The second-order valence-corrected chi connectivity index (χ2v) is 6.46. The standard InChI is InChI=1S/C15H9ClN2OS2/c16-11-3-5-12(6-4-11)21-15(19)13-9-20-14(18-13)10-2-1-7-17-8-10/h1-9H. The van der Waals surface area contributed by atoms with E-state index in [4.69, 9.17) is 11.6 Å². The van der Waals surface area contributed by atoms with E-state index in [0.717, 1.165) is 27.2 Å². The minimum Gasteiger partial charge on any atom is -0.279 e. The summed E-state index contributed by atoms with van der Waals surface area (Å²) in [5.41, 5.74) is 1.37. The van der Waals surface area contributed by atoms with Crippen molar-refractivity contribution in [1.82, 2.24) is 9.97 Å². The minimum atomic E-state index is -0.0799. The smallest absolute Gasteiger partial charge is 0.243 e. The molecule has 0 radical (unpaired) electrons.